The lowest BCUT2D eigenvalue weighted by Gasteiger charge is -2.30. The van der Waals surface area contributed by atoms with E-state index in [1.165, 1.54) is 12.1 Å². The molecule has 8 heteroatoms. The minimum atomic E-state index is -0.796. The van der Waals surface area contributed by atoms with Crippen LogP contribution in [0, 0.1) is 11.2 Å². The van der Waals surface area contributed by atoms with Gasteiger partial charge < -0.3 is 21.1 Å². The van der Waals surface area contributed by atoms with Gasteiger partial charge in [0.25, 0.3) is 0 Å². The molecule has 2 rings (SSSR count). The highest BCUT2D eigenvalue weighted by molar-refractivity contribution is 5.83. The van der Waals surface area contributed by atoms with Crippen molar-refractivity contribution in [3.8, 4) is 11.5 Å². The van der Waals surface area contributed by atoms with E-state index in [2.05, 4.69) is 10.1 Å². The molecule has 5 N–H and O–H groups in total. The van der Waals surface area contributed by atoms with Crippen molar-refractivity contribution in [3.63, 3.8) is 0 Å². The molecule has 0 fully saturated rings. The second-order valence-electron chi connectivity index (χ2n) is 7.94. The first kappa shape index (κ1) is 21.4. The van der Waals surface area contributed by atoms with Crippen LogP contribution in [0.4, 0.5) is 4.39 Å². The molecule has 0 saturated carbocycles. The highest BCUT2D eigenvalue weighted by Gasteiger charge is 2.35. The van der Waals surface area contributed by atoms with Gasteiger partial charge in [-0.3, -0.25) is 4.79 Å². The Morgan fingerprint density at radius 2 is 1.82 bits per heavy atom. The van der Waals surface area contributed by atoms with Crippen molar-refractivity contribution in [2.45, 2.75) is 51.9 Å². The lowest BCUT2D eigenvalue weighted by molar-refractivity contribution is -0.127. The zero-order valence-electron chi connectivity index (χ0n) is 16.4. The number of carbonyl (C=O) groups excluding carboxylic acids is 1. The van der Waals surface area contributed by atoms with E-state index >= 15 is 0 Å². The summed E-state index contributed by atoms with van der Waals surface area (Å²) >= 11 is 0. The van der Waals surface area contributed by atoms with Crippen molar-refractivity contribution in [1.29, 1.82) is 0 Å². The molecule has 0 bridgehead atoms. The van der Waals surface area contributed by atoms with E-state index < -0.39 is 11.3 Å². The number of hydrogen-bond donors (Lipinski definition) is 3. The van der Waals surface area contributed by atoms with Gasteiger partial charge in [-0.1, -0.05) is 25.9 Å². The summed E-state index contributed by atoms with van der Waals surface area (Å²) in [7, 11) is 0. The van der Waals surface area contributed by atoms with Gasteiger partial charge >= 0.3 is 0 Å². The molecule has 1 unspecified atom stereocenters. The van der Waals surface area contributed by atoms with Crippen LogP contribution in [-0.2, 0) is 10.2 Å². The predicted octanol–water partition coefficient (Wildman–Crippen LogP) is 3.56. The third-order valence-electron chi connectivity index (χ3n) is 5.25. The average molecular weight is 390 g/mol. The molecule has 0 aliphatic rings. The molecule has 152 valence electrons. The van der Waals surface area contributed by atoms with Gasteiger partial charge in [-0.2, -0.15) is 0 Å². The van der Waals surface area contributed by atoms with Gasteiger partial charge in [-0.25, -0.2) is 9.37 Å². The lowest BCUT2D eigenvalue weighted by atomic mass is 9.74. The molecule has 1 heterocycles. The van der Waals surface area contributed by atoms with E-state index in [1.54, 1.807) is 25.3 Å². The maximum absolute atomic E-state index is 13.1. The number of hydrogen-bond acceptors (Lipinski definition) is 5. The van der Waals surface area contributed by atoms with Gasteiger partial charge in [0.2, 0.25) is 11.8 Å². The number of carbonyl (C=O) groups is 1. The van der Waals surface area contributed by atoms with Crippen LogP contribution in [-0.4, -0.2) is 21.9 Å². The lowest BCUT2D eigenvalue weighted by Crippen LogP contribution is -2.37. The fourth-order valence-electron chi connectivity index (χ4n) is 2.85. The number of halogens is 1. The van der Waals surface area contributed by atoms with Gasteiger partial charge in [0.1, 0.15) is 17.9 Å². The zero-order valence-corrected chi connectivity index (χ0v) is 16.4. The molecular weight excluding hydrogens is 363 g/mol. The Balaban J connectivity index is 2.11. The maximum Gasteiger partial charge on any atom is 0.226 e. The number of nitrogens with zero attached hydrogens (tertiary/aromatic N) is 2. The van der Waals surface area contributed by atoms with Crippen LogP contribution in [0.25, 0.3) is 11.5 Å². The molecule has 2 aromatic rings. The Hall–Kier alpha value is -2.90. The number of primary amides is 1. The third kappa shape index (κ3) is 5.09. The summed E-state index contributed by atoms with van der Waals surface area (Å²) in [6.07, 6.45) is 3.37. The van der Waals surface area contributed by atoms with Crippen LogP contribution >= 0.6 is 0 Å². The number of benzene rings is 1. The Bertz CT molecular complexity index is 845. The molecule has 28 heavy (non-hydrogen) atoms. The molecule has 7 nitrogen and oxygen atoms in total. The molecule has 1 aromatic carbocycles. The van der Waals surface area contributed by atoms with E-state index in [0.29, 0.717) is 30.7 Å². The number of rotatable bonds is 9. The highest BCUT2D eigenvalue weighted by atomic mass is 19.1. The number of amidine groups is 1. The van der Waals surface area contributed by atoms with Gasteiger partial charge in [0, 0.05) is 22.8 Å². The predicted molar refractivity (Wildman–Crippen MR) is 104 cm³/mol. The van der Waals surface area contributed by atoms with Crippen LogP contribution in [0.5, 0.6) is 0 Å². The number of nitrogens with two attached hydrogens (primary N) is 2. The summed E-state index contributed by atoms with van der Waals surface area (Å²) in [5, 5.41) is 11.6. The van der Waals surface area contributed by atoms with E-state index in [9.17, 15) is 9.18 Å². The highest BCUT2D eigenvalue weighted by Crippen LogP contribution is 2.37. The van der Waals surface area contributed by atoms with Gasteiger partial charge in [0.05, 0.1) is 5.69 Å². The van der Waals surface area contributed by atoms with Crippen LogP contribution in [0.15, 0.2) is 40.1 Å². The standard InChI is InChI=1S/C20H27FN4O3/c1-19(2,10-11-20(3,18(23)26)9-8-16(22)25-27)15-12-28-17(24-15)13-4-6-14(21)7-5-13/h4-7,12,27H,8-11H2,1-3H3,(H2,22,25)(H2,23,26). The normalized spacial score (nSPS) is 14.6. The summed E-state index contributed by atoms with van der Waals surface area (Å²) in [6.45, 7) is 5.79. The second-order valence-corrected chi connectivity index (χ2v) is 7.94. The summed E-state index contributed by atoms with van der Waals surface area (Å²) in [6, 6.07) is 5.92. The van der Waals surface area contributed by atoms with Crippen molar-refractivity contribution in [1.82, 2.24) is 4.98 Å². The summed E-state index contributed by atoms with van der Waals surface area (Å²) in [5.41, 5.74) is 11.4. The minimum Gasteiger partial charge on any atom is -0.444 e. The molecule has 0 spiro atoms. The Kier molecular flexibility index (Phi) is 6.43. The van der Waals surface area contributed by atoms with Crippen molar-refractivity contribution < 1.29 is 18.8 Å². The summed E-state index contributed by atoms with van der Waals surface area (Å²) < 4.78 is 18.7. The monoisotopic (exact) mass is 390 g/mol. The SMILES string of the molecule is CC(CCC(N)=NO)(CCC(C)(C)c1coc(-c2ccc(F)cc2)n1)C(N)=O. The van der Waals surface area contributed by atoms with Gasteiger partial charge in [-0.15, -0.1) is 0 Å². The molecule has 0 radical (unpaired) electrons. The van der Waals surface area contributed by atoms with Crippen molar-refractivity contribution in [2.24, 2.45) is 22.0 Å². The quantitative estimate of drug-likeness (QED) is 0.261. The smallest absolute Gasteiger partial charge is 0.226 e. The minimum absolute atomic E-state index is 0.0622. The van der Waals surface area contributed by atoms with E-state index in [-0.39, 0.29) is 23.5 Å². The fourth-order valence-corrected chi connectivity index (χ4v) is 2.85. The van der Waals surface area contributed by atoms with Crippen LogP contribution in [0.2, 0.25) is 0 Å². The first-order chi connectivity index (χ1) is 13.1. The number of oxazole rings is 1. The van der Waals surface area contributed by atoms with Crippen molar-refractivity contribution >= 4 is 11.7 Å². The number of oxime groups is 1. The molecule has 1 aromatic heterocycles. The van der Waals surface area contributed by atoms with Crippen molar-refractivity contribution in [3.05, 3.63) is 42.0 Å². The summed E-state index contributed by atoms with van der Waals surface area (Å²) in [5.74, 6) is -0.283. The van der Waals surface area contributed by atoms with Gasteiger partial charge in [0.15, 0.2) is 0 Å². The van der Waals surface area contributed by atoms with Gasteiger partial charge in [-0.05, 0) is 43.5 Å². The van der Waals surface area contributed by atoms with E-state index in [1.807, 2.05) is 13.8 Å². The van der Waals surface area contributed by atoms with E-state index in [0.717, 1.165) is 5.69 Å². The molecular formula is C20H27FN4O3. The largest absolute Gasteiger partial charge is 0.444 e. The molecule has 0 aliphatic heterocycles. The topological polar surface area (TPSA) is 128 Å². The molecule has 1 amide bonds. The number of amides is 1. The average Bonchev–Trinajstić information content (AvgIpc) is 3.16. The van der Waals surface area contributed by atoms with Crippen molar-refractivity contribution in [2.75, 3.05) is 0 Å². The van der Waals surface area contributed by atoms with Crippen LogP contribution in [0.3, 0.4) is 0 Å². The van der Waals surface area contributed by atoms with E-state index in [4.69, 9.17) is 21.1 Å². The first-order valence-electron chi connectivity index (χ1n) is 9.06. The first-order valence-corrected chi connectivity index (χ1v) is 9.06. The Labute approximate surface area is 163 Å². The summed E-state index contributed by atoms with van der Waals surface area (Å²) in [4.78, 5) is 16.5. The fraction of sp³-hybridized carbons (Fsp3) is 0.450. The third-order valence-corrected chi connectivity index (χ3v) is 5.25. The zero-order chi connectivity index (χ0) is 20.9. The number of aromatic nitrogens is 1. The second kappa shape index (κ2) is 8.41. The van der Waals surface area contributed by atoms with Crippen LogP contribution < -0.4 is 11.5 Å². The van der Waals surface area contributed by atoms with Crippen LogP contribution in [0.1, 0.15) is 52.1 Å². The molecule has 0 aliphatic carbocycles. The maximum atomic E-state index is 13.1. The Morgan fingerprint density at radius 3 is 2.39 bits per heavy atom. The Morgan fingerprint density at radius 1 is 1.18 bits per heavy atom. The molecule has 0 saturated heterocycles. The molecule has 1 atom stereocenters.